The van der Waals surface area contributed by atoms with Crippen LogP contribution in [-0.4, -0.2) is 20.8 Å². The second-order valence-electron chi connectivity index (χ2n) is 5.55. The van der Waals surface area contributed by atoms with Crippen LogP contribution in [0.25, 0.3) is 11.3 Å². The van der Waals surface area contributed by atoms with Gasteiger partial charge in [-0.25, -0.2) is 4.79 Å². The van der Waals surface area contributed by atoms with Gasteiger partial charge in [0.25, 0.3) is 5.56 Å². The lowest BCUT2D eigenvalue weighted by molar-refractivity contribution is 0.262. The summed E-state index contributed by atoms with van der Waals surface area (Å²) < 4.78 is 2.07. The van der Waals surface area contributed by atoms with E-state index in [1.165, 1.54) is 4.57 Å². The van der Waals surface area contributed by atoms with Gasteiger partial charge in [0, 0.05) is 29.3 Å². The van der Waals surface area contributed by atoms with Gasteiger partial charge in [0.15, 0.2) is 5.82 Å². The van der Waals surface area contributed by atoms with Crippen molar-refractivity contribution < 1.29 is 4.79 Å². The van der Waals surface area contributed by atoms with Gasteiger partial charge in [-0.05, 0) is 34.5 Å². The highest BCUT2D eigenvalue weighted by Gasteiger charge is 2.11. The molecule has 3 aromatic rings. The number of benzene rings is 1. The van der Waals surface area contributed by atoms with Crippen molar-refractivity contribution in [3.05, 3.63) is 63.0 Å². The Hall–Kier alpha value is -2.87. The largest absolute Gasteiger partial charge is 0.325 e. The van der Waals surface area contributed by atoms with Crippen LogP contribution in [0.4, 0.5) is 16.3 Å². The summed E-state index contributed by atoms with van der Waals surface area (Å²) in [5, 5.41) is 12.1. The summed E-state index contributed by atoms with van der Waals surface area (Å²) in [5.74, 6) is 0.363. The molecular weight excluding hydrogens is 386 g/mol. The Labute approximate surface area is 152 Å². The van der Waals surface area contributed by atoms with E-state index >= 15 is 0 Å². The number of nitrogens with one attached hydrogen (secondary N) is 3. The second kappa shape index (κ2) is 6.94. The normalized spacial score (nSPS) is 10.5. The van der Waals surface area contributed by atoms with Crippen LogP contribution in [0.1, 0.15) is 5.56 Å². The van der Waals surface area contributed by atoms with E-state index < -0.39 is 6.03 Å². The summed E-state index contributed by atoms with van der Waals surface area (Å²) in [6.07, 6.45) is 1.62. The monoisotopic (exact) mass is 401 g/mol. The highest BCUT2D eigenvalue weighted by Crippen LogP contribution is 2.23. The third-order valence-corrected chi connectivity index (χ3v) is 4.09. The van der Waals surface area contributed by atoms with Crippen molar-refractivity contribution in [3.8, 4) is 11.3 Å². The summed E-state index contributed by atoms with van der Waals surface area (Å²) in [4.78, 5) is 24.1. The SMILES string of the molecule is Cc1ccccc1-c1cc(NC(=O)Nc2cc(Br)cn(C)c2=O)n[nH]1. The van der Waals surface area contributed by atoms with Gasteiger partial charge in [-0.1, -0.05) is 24.3 Å². The first kappa shape index (κ1) is 17.0. The molecule has 0 atom stereocenters. The van der Waals surface area contributed by atoms with Crippen molar-refractivity contribution in [1.82, 2.24) is 14.8 Å². The lowest BCUT2D eigenvalue weighted by atomic mass is 10.1. The van der Waals surface area contributed by atoms with Crippen molar-refractivity contribution >= 4 is 33.5 Å². The number of hydrogen-bond donors (Lipinski definition) is 3. The molecule has 0 bridgehead atoms. The van der Waals surface area contributed by atoms with E-state index in [9.17, 15) is 9.59 Å². The highest BCUT2D eigenvalue weighted by atomic mass is 79.9. The van der Waals surface area contributed by atoms with E-state index in [0.29, 0.717) is 10.3 Å². The maximum Gasteiger partial charge on any atom is 0.325 e. The molecule has 3 rings (SSSR count). The quantitative estimate of drug-likeness (QED) is 0.626. The number of urea groups is 1. The van der Waals surface area contributed by atoms with Crippen LogP contribution in [0.15, 0.2) is 51.9 Å². The number of aromatic amines is 1. The lowest BCUT2D eigenvalue weighted by Gasteiger charge is -2.07. The molecule has 1 aromatic carbocycles. The zero-order valence-corrected chi connectivity index (χ0v) is 15.2. The molecule has 2 amide bonds. The molecule has 2 heterocycles. The van der Waals surface area contributed by atoms with Crippen molar-refractivity contribution in [2.75, 3.05) is 10.6 Å². The Kier molecular flexibility index (Phi) is 4.71. The number of aryl methyl sites for hydroxylation is 2. The van der Waals surface area contributed by atoms with Crippen LogP contribution in [0, 0.1) is 6.92 Å². The predicted molar refractivity (Wildman–Crippen MR) is 101 cm³/mol. The Morgan fingerprint density at radius 3 is 2.76 bits per heavy atom. The number of amides is 2. The van der Waals surface area contributed by atoms with E-state index in [0.717, 1.165) is 16.8 Å². The highest BCUT2D eigenvalue weighted by molar-refractivity contribution is 9.10. The minimum atomic E-state index is -0.543. The summed E-state index contributed by atoms with van der Waals surface area (Å²) in [5.41, 5.74) is 2.76. The van der Waals surface area contributed by atoms with E-state index in [1.54, 1.807) is 25.4 Å². The molecule has 0 radical (unpaired) electrons. The van der Waals surface area contributed by atoms with E-state index in [4.69, 9.17) is 0 Å². The summed E-state index contributed by atoms with van der Waals surface area (Å²) >= 11 is 3.29. The van der Waals surface area contributed by atoms with Crippen LogP contribution in [-0.2, 0) is 7.05 Å². The maximum absolute atomic E-state index is 12.1. The molecular formula is C17H16BrN5O2. The van der Waals surface area contributed by atoms with Crippen molar-refractivity contribution in [2.45, 2.75) is 6.92 Å². The van der Waals surface area contributed by atoms with Gasteiger partial charge in [-0.3, -0.25) is 15.2 Å². The summed E-state index contributed by atoms with van der Waals surface area (Å²) in [7, 11) is 1.61. The van der Waals surface area contributed by atoms with Gasteiger partial charge in [-0.15, -0.1) is 0 Å². The Morgan fingerprint density at radius 2 is 2.00 bits per heavy atom. The van der Waals surface area contributed by atoms with Crippen LogP contribution in [0.2, 0.25) is 0 Å². The van der Waals surface area contributed by atoms with Gasteiger partial charge < -0.3 is 9.88 Å². The van der Waals surface area contributed by atoms with Gasteiger partial charge in [0.2, 0.25) is 0 Å². The number of hydrogen-bond acceptors (Lipinski definition) is 3. The van der Waals surface area contributed by atoms with Crippen LogP contribution in [0.5, 0.6) is 0 Å². The molecule has 25 heavy (non-hydrogen) atoms. The number of H-pyrrole nitrogens is 1. The summed E-state index contributed by atoms with van der Waals surface area (Å²) in [6, 6.07) is 10.6. The molecule has 0 aliphatic carbocycles. The third kappa shape index (κ3) is 3.80. The number of aromatic nitrogens is 3. The van der Waals surface area contributed by atoms with Gasteiger partial charge in [-0.2, -0.15) is 5.10 Å². The zero-order valence-electron chi connectivity index (χ0n) is 13.6. The minimum absolute atomic E-state index is 0.170. The number of nitrogens with zero attached hydrogens (tertiary/aromatic N) is 2. The smallest absolute Gasteiger partial charge is 0.316 e. The topological polar surface area (TPSA) is 91.8 Å². The van der Waals surface area contributed by atoms with Crippen molar-refractivity contribution in [1.29, 1.82) is 0 Å². The van der Waals surface area contributed by atoms with Gasteiger partial charge >= 0.3 is 6.03 Å². The first-order chi connectivity index (χ1) is 11.9. The Balaban J connectivity index is 1.75. The van der Waals surface area contributed by atoms with Crippen molar-refractivity contribution in [2.24, 2.45) is 7.05 Å². The molecule has 0 spiro atoms. The van der Waals surface area contributed by atoms with E-state index in [2.05, 4.69) is 36.8 Å². The number of rotatable bonds is 3. The molecule has 2 aromatic heterocycles. The summed E-state index contributed by atoms with van der Waals surface area (Å²) in [6.45, 7) is 2.00. The fourth-order valence-corrected chi connectivity index (χ4v) is 2.96. The maximum atomic E-state index is 12.1. The molecule has 0 fully saturated rings. The minimum Gasteiger partial charge on any atom is -0.316 e. The standard InChI is InChI=1S/C17H16BrN5O2/c1-10-5-3-4-6-12(10)13-8-15(22-21-13)20-17(25)19-14-7-11(18)9-23(2)16(14)24/h3-9H,1-2H3,(H3,19,20,21,22,25). The molecule has 3 N–H and O–H groups in total. The fourth-order valence-electron chi connectivity index (χ4n) is 2.43. The number of carbonyl (C=O) groups excluding carboxylic acids is 1. The number of anilines is 2. The number of carbonyl (C=O) groups is 1. The average Bonchev–Trinajstić information content (AvgIpc) is 3.00. The first-order valence-corrected chi connectivity index (χ1v) is 8.29. The van der Waals surface area contributed by atoms with Gasteiger partial charge in [0.1, 0.15) is 5.69 Å². The Bertz CT molecular complexity index is 993. The number of pyridine rings is 1. The molecule has 0 aliphatic rings. The van der Waals surface area contributed by atoms with Crippen molar-refractivity contribution in [3.63, 3.8) is 0 Å². The van der Waals surface area contributed by atoms with E-state index in [1.807, 2.05) is 31.2 Å². The fraction of sp³-hybridized carbons (Fsp3) is 0.118. The van der Waals surface area contributed by atoms with Crippen LogP contribution in [0.3, 0.4) is 0 Å². The van der Waals surface area contributed by atoms with Crippen LogP contribution < -0.4 is 16.2 Å². The predicted octanol–water partition coefficient (Wildman–Crippen LogP) is 3.49. The molecule has 0 saturated heterocycles. The third-order valence-electron chi connectivity index (χ3n) is 3.65. The molecule has 7 nitrogen and oxygen atoms in total. The zero-order chi connectivity index (χ0) is 18.0. The first-order valence-electron chi connectivity index (χ1n) is 7.49. The second-order valence-corrected chi connectivity index (χ2v) is 6.46. The van der Waals surface area contributed by atoms with Gasteiger partial charge in [0.05, 0.1) is 5.69 Å². The Morgan fingerprint density at radius 1 is 1.24 bits per heavy atom. The average molecular weight is 402 g/mol. The molecule has 0 unspecified atom stereocenters. The number of halogens is 1. The van der Waals surface area contributed by atoms with E-state index in [-0.39, 0.29) is 11.2 Å². The molecule has 0 aliphatic heterocycles. The molecule has 8 heteroatoms. The van der Waals surface area contributed by atoms with Crippen LogP contribution >= 0.6 is 15.9 Å². The lowest BCUT2D eigenvalue weighted by Crippen LogP contribution is -2.27. The molecule has 0 saturated carbocycles. The molecule has 128 valence electrons.